The van der Waals surface area contributed by atoms with Gasteiger partial charge in [-0.1, -0.05) is 42.5 Å². The van der Waals surface area contributed by atoms with E-state index in [0.29, 0.717) is 12.2 Å². The number of rotatable bonds is 7. The van der Waals surface area contributed by atoms with Gasteiger partial charge >= 0.3 is 0 Å². The highest BCUT2D eigenvalue weighted by atomic mass is 19.1. The molecule has 2 aromatic carbocycles. The zero-order valence-corrected chi connectivity index (χ0v) is 21.4. The lowest BCUT2D eigenvalue weighted by molar-refractivity contribution is 0.628. The van der Waals surface area contributed by atoms with Crippen LogP contribution in [0.25, 0.3) is 55.7 Å². The lowest BCUT2D eigenvalue weighted by Gasteiger charge is -2.07. The first-order valence-electron chi connectivity index (χ1n) is 13.0. The van der Waals surface area contributed by atoms with Crippen LogP contribution >= 0.6 is 0 Å². The summed E-state index contributed by atoms with van der Waals surface area (Å²) in [5.74, 6) is -0.271. The summed E-state index contributed by atoms with van der Waals surface area (Å²) in [6.45, 7) is 1.49. The molecule has 0 radical (unpaired) electrons. The molecule has 0 spiro atoms. The Hall–Kier alpha value is -5.21. The Balaban J connectivity index is 1.20. The van der Waals surface area contributed by atoms with Crippen LogP contribution < -0.4 is 5.32 Å². The molecule has 7 rings (SSSR count). The summed E-state index contributed by atoms with van der Waals surface area (Å²) < 4.78 is 13.5. The molecule has 3 N–H and O–H groups in total. The average Bonchev–Trinajstić information content (AvgIpc) is 3.62. The number of pyridine rings is 3. The van der Waals surface area contributed by atoms with Gasteiger partial charge in [0.2, 0.25) is 0 Å². The number of fused-ring (bicyclic) bond motifs is 2. The Labute approximate surface area is 229 Å². The van der Waals surface area contributed by atoms with E-state index >= 15 is 0 Å². The fourth-order valence-corrected chi connectivity index (χ4v) is 4.96. The second kappa shape index (κ2) is 10.2. The molecule has 0 fully saturated rings. The molecule has 0 saturated carbocycles. The summed E-state index contributed by atoms with van der Waals surface area (Å²) in [5.41, 5.74) is 9.87. The number of aromatic nitrogens is 6. The van der Waals surface area contributed by atoms with Crippen molar-refractivity contribution in [2.24, 2.45) is 0 Å². The van der Waals surface area contributed by atoms with E-state index in [1.807, 2.05) is 48.8 Å². The Kier molecular flexibility index (Phi) is 6.07. The van der Waals surface area contributed by atoms with Gasteiger partial charge in [-0.05, 0) is 53.1 Å². The van der Waals surface area contributed by atoms with Crippen molar-refractivity contribution in [3.8, 4) is 33.8 Å². The summed E-state index contributed by atoms with van der Waals surface area (Å²) >= 11 is 0. The van der Waals surface area contributed by atoms with Crippen LogP contribution in [0.3, 0.4) is 0 Å². The van der Waals surface area contributed by atoms with E-state index in [0.717, 1.165) is 62.1 Å². The first-order valence-corrected chi connectivity index (χ1v) is 13.0. The Morgan fingerprint density at radius 3 is 2.42 bits per heavy atom. The molecule has 7 nitrogen and oxygen atoms in total. The molecule has 5 aromatic heterocycles. The van der Waals surface area contributed by atoms with Crippen molar-refractivity contribution in [1.82, 2.24) is 35.5 Å². The van der Waals surface area contributed by atoms with E-state index in [4.69, 9.17) is 4.98 Å². The van der Waals surface area contributed by atoms with Gasteiger partial charge in [0.05, 0.1) is 28.6 Å². The van der Waals surface area contributed by atoms with Crippen molar-refractivity contribution in [1.29, 1.82) is 0 Å². The van der Waals surface area contributed by atoms with Gasteiger partial charge in [0.25, 0.3) is 0 Å². The van der Waals surface area contributed by atoms with Gasteiger partial charge in [0, 0.05) is 48.2 Å². The normalized spacial score (nSPS) is 11.4. The van der Waals surface area contributed by atoms with Crippen LogP contribution in [0.4, 0.5) is 4.39 Å². The monoisotopic (exact) mass is 525 g/mol. The highest BCUT2D eigenvalue weighted by molar-refractivity contribution is 6.00. The van der Waals surface area contributed by atoms with E-state index in [9.17, 15) is 4.39 Å². The maximum absolute atomic E-state index is 13.5. The second-order valence-electron chi connectivity index (χ2n) is 9.67. The SMILES string of the molecule is Fc1ccc(-c2cncc3[nH]c(-c4n[nH]c5ccc(-c6cncc(CNCc7ccccc7)c6)nc45)cc23)cc1. The fourth-order valence-electron chi connectivity index (χ4n) is 4.96. The number of nitrogens with zero attached hydrogens (tertiary/aromatic N) is 4. The van der Waals surface area contributed by atoms with Gasteiger partial charge in [0.15, 0.2) is 0 Å². The zero-order chi connectivity index (χ0) is 26.9. The Bertz CT molecular complexity index is 1940. The minimum Gasteiger partial charge on any atom is -0.352 e. The minimum atomic E-state index is -0.271. The van der Waals surface area contributed by atoms with Gasteiger partial charge in [0.1, 0.15) is 17.0 Å². The smallest absolute Gasteiger partial charge is 0.135 e. The van der Waals surface area contributed by atoms with Gasteiger partial charge < -0.3 is 10.3 Å². The van der Waals surface area contributed by atoms with Crippen LogP contribution in [-0.4, -0.2) is 30.1 Å². The van der Waals surface area contributed by atoms with Gasteiger partial charge in [-0.2, -0.15) is 5.10 Å². The van der Waals surface area contributed by atoms with Gasteiger partial charge in [-0.25, -0.2) is 9.37 Å². The van der Waals surface area contributed by atoms with E-state index in [2.05, 4.69) is 48.7 Å². The molecule has 0 aliphatic rings. The van der Waals surface area contributed by atoms with Crippen molar-refractivity contribution in [3.05, 3.63) is 121 Å². The summed E-state index contributed by atoms with van der Waals surface area (Å²) in [6.07, 6.45) is 7.28. The summed E-state index contributed by atoms with van der Waals surface area (Å²) in [4.78, 5) is 17.3. The highest BCUT2D eigenvalue weighted by Gasteiger charge is 2.16. The van der Waals surface area contributed by atoms with Crippen LogP contribution in [0, 0.1) is 5.82 Å². The zero-order valence-electron chi connectivity index (χ0n) is 21.4. The third kappa shape index (κ3) is 4.61. The quantitative estimate of drug-likeness (QED) is 0.216. The number of nitrogens with one attached hydrogen (secondary N) is 3. The van der Waals surface area contributed by atoms with E-state index in [1.54, 1.807) is 24.5 Å². The average molecular weight is 526 g/mol. The molecule has 0 bridgehead atoms. The first kappa shape index (κ1) is 23.9. The summed E-state index contributed by atoms with van der Waals surface area (Å²) in [5, 5.41) is 12.1. The summed E-state index contributed by atoms with van der Waals surface area (Å²) in [6, 6.07) is 24.9. The lowest BCUT2D eigenvalue weighted by atomic mass is 10.0. The summed E-state index contributed by atoms with van der Waals surface area (Å²) in [7, 11) is 0. The largest absolute Gasteiger partial charge is 0.352 e. The number of H-pyrrole nitrogens is 2. The van der Waals surface area contributed by atoms with E-state index in [1.165, 1.54) is 17.7 Å². The van der Waals surface area contributed by atoms with Crippen LogP contribution in [0.2, 0.25) is 0 Å². The topological polar surface area (TPSA) is 95.2 Å². The molecule has 5 heterocycles. The maximum Gasteiger partial charge on any atom is 0.135 e. The number of aromatic amines is 2. The van der Waals surface area contributed by atoms with Crippen molar-refractivity contribution in [3.63, 3.8) is 0 Å². The molecule has 8 heteroatoms. The Morgan fingerprint density at radius 1 is 0.725 bits per heavy atom. The third-order valence-electron chi connectivity index (χ3n) is 6.96. The van der Waals surface area contributed by atoms with Crippen LogP contribution in [0.5, 0.6) is 0 Å². The minimum absolute atomic E-state index is 0.271. The third-order valence-corrected chi connectivity index (χ3v) is 6.96. The molecule has 0 aliphatic heterocycles. The first-order chi connectivity index (χ1) is 19.7. The van der Waals surface area contributed by atoms with Crippen molar-refractivity contribution in [2.75, 3.05) is 0 Å². The number of hydrogen-bond donors (Lipinski definition) is 3. The predicted octanol–water partition coefficient (Wildman–Crippen LogP) is 6.66. The highest BCUT2D eigenvalue weighted by Crippen LogP contribution is 2.33. The molecule has 194 valence electrons. The van der Waals surface area contributed by atoms with Gasteiger partial charge in [-0.15, -0.1) is 0 Å². The van der Waals surface area contributed by atoms with E-state index in [-0.39, 0.29) is 5.82 Å². The molecular formula is C32H24FN7. The molecule has 0 saturated heterocycles. The van der Waals surface area contributed by atoms with Gasteiger partial charge in [-0.3, -0.25) is 15.1 Å². The number of hydrogen-bond acceptors (Lipinski definition) is 5. The molecule has 40 heavy (non-hydrogen) atoms. The number of benzene rings is 2. The lowest BCUT2D eigenvalue weighted by Crippen LogP contribution is -2.12. The second-order valence-corrected chi connectivity index (χ2v) is 9.67. The number of halogens is 1. The predicted molar refractivity (Wildman–Crippen MR) is 155 cm³/mol. The Morgan fingerprint density at radius 2 is 1.55 bits per heavy atom. The molecule has 0 unspecified atom stereocenters. The van der Waals surface area contributed by atoms with E-state index < -0.39 is 0 Å². The fraction of sp³-hybridized carbons (Fsp3) is 0.0625. The van der Waals surface area contributed by atoms with Crippen LogP contribution in [0.1, 0.15) is 11.1 Å². The maximum atomic E-state index is 13.5. The molecule has 0 atom stereocenters. The van der Waals surface area contributed by atoms with Crippen molar-refractivity contribution in [2.45, 2.75) is 13.1 Å². The van der Waals surface area contributed by atoms with Crippen molar-refractivity contribution >= 4 is 21.9 Å². The molecule has 7 aromatic rings. The van der Waals surface area contributed by atoms with Crippen LogP contribution in [0.15, 0.2) is 104 Å². The van der Waals surface area contributed by atoms with Crippen LogP contribution in [-0.2, 0) is 13.1 Å². The molecule has 0 aliphatic carbocycles. The van der Waals surface area contributed by atoms with Crippen molar-refractivity contribution < 1.29 is 4.39 Å². The molecular weight excluding hydrogens is 501 g/mol. The molecule has 0 amide bonds. The standard InChI is InChI=1S/C32H24FN7/c33-24-8-6-22(7-9-24)26-18-36-19-30-25(26)13-29(37-30)32-31-28(39-40-32)11-10-27(38-31)23-12-21(16-35-17-23)15-34-14-20-4-2-1-3-5-20/h1-13,16-19,34,37H,14-15H2,(H,39,40).